The van der Waals surface area contributed by atoms with E-state index in [1.54, 1.807) is 30.0 Å². The van der Waals surface area contributed by atoms with Gasteiger partial charge in [0.15, 0.2) is 0 Å². The third kappa shape index (κ3) is 3.73. The number of amides is 3. The van der Waals surface area contributed by atoms with Crippen LogP contribution in [0.1, 0.15) is 19.8 Å². The molecule has 2 aromatic carbocycles. The lowest BCUT2D eigenvalue weighted by Crippen LogP contribution is -2.56. The Bertz CT molecular complexity index is 1270. The first kappa shape index (κ1) is 22.7. The van der Waals surface area contributed by atoms with Crippen molar-refractivity contribution in [1.29, 1.82) is 0 Å². The maximum absolute atomic E-state index is 13.2. The van der Waals surface area contributed by atoms with Gasteiger partial charge in [0.2, 0.25) is 27.7 Å². The highest BCUT2D eigenvalue weighted by molar-refractivity contribution is 7.89. The highest BCUT2D eigenvalue weighted by Crippen LogP contribution is 2.36. The second kappa shape index (κ2) is 8.63. The van der Waals surface area contributed by atoms with Gasteiger partial charge >= 0.3 is 0 Å². The molecule has 9 heteroatoms. The first-order valence-corrected chi connectivity index (χ1v) is 13.0. The number of likely N-dealkylation sites (tertiary alicyclic amines) is 1. The van der Waals surface area contributed by atoms with Gasteiger partial charge in [0.05, 0.1) is 16.7 Å². The summed E-state index contributed by atoms with van der Waals surface area (Å²) in [5.41, 5.74) is 0. The first-order chi connectivity index (χ1) is 16.3. The largest absolute Gasteiger partial charge is 0.338 e. The summed E-state index contributed by atoms with van der Waals surface area (Å²) in [6.07, 6.45) is 4.88. The van der Waals surface area contributed by atoms with Crippen molar-refractivity contribution >= 4 is 38.5 Å². The Morgan fingerprint density at radius 2 is 1.47 bits per heavy atom. The monoisotopic (exact) mass is 481 g/mol. The van der Waals surface area contributed by atoms with Crippen molar-refractivity contribution in [3.05, 3.63) is 54.6 Å². The molecular weight excluding hydrogens is 454 g/mol. The maximum atomic E-state index is 13.2. The minimum absolute atomic E-state index is 0.157. The van der Waals surface area contributed by atoms with Gasteiger partial charge in [0.25, 0.3) is 0 Å². The summed E-state index contributed by atoms with van der Waals surface area (Å²) >= 11 is 0. The molecule has 0 saturated carbocycles. The molecule has 3 aliphatic rings. The van der Waals surface area contributed by atoms with Crippen molar-refractivity contribution < 1.29 is 22.8 Å². The summed E-state index contributed by atoms with van der Waals surface area (Å²) < 4.78 is 27.8. The van der Waals surface area contributed by atoms with E-state index in [9.17, 15) is 22.8 Å². The van der Waals surface area contributed by atoms with Crippen LogP contribution in [0.25, 0.3) is 10.8 Å². The number of carbonyl (C=O) groups excluding carboxylic acids is 3. The lowest BCUT2D eigenvalue weighted by atomic mass is 9.85. The highest BCUT2D eigenvalue weighted by atomic mass is 32.2. The van der Waals surface area contributed by atoms with Gasteiger partial charge in [0, 0.05) is 26.2 Å². The van der Waals surface area contributed by atoms with Gasteiger partial charge in [-0.2, -0.15) is 4.31 Å². The third-order valence-corrected chi connectivity index (χ3v) is 9.09. The Hall–Kier alpha value is -3.04. The maximum Gasteiger partial charge on any atom is 0.245 e. The smallest absolute Gasteiger partial charge is 0.245 e. The standard InChI is InChI=1S/C25H27N3O5S/c1-17(28-24(30)21-8-4-5-9-22(21)25(28)31)23(29)26-12-14-27(15-13-26)34(32,33)20-11-10-18-6-2-3-7-19(18)16-20/h2-7,10-11,16-17,21-22H,8-9,12-15H2,1H3/t17-,21?,22?/m0/s1. The Labute approximate surface area is 198 Å². The molecule has 2 aliphatic heterocycles. The van der Waals surface area contributed by atoms with Crippen LogP contribution in [0, 0.1) is 11.8 Å². The van der Waals surface area contributed by atoms with Crippen LogP contribution in [0.15, 0.2) is 59.5 Å². The van der Waals surface area contributed by atoms with Crippen molar-refractivity contribution in [3.8, 4) is 0 Å². The van der Waals surface area contributed by atoms with Crippen LogP contribution in [0.2, 0.25) is 0 Å². The van der Waals surface area contributed by atoms with Gasteiger partial charge in [0.1, 0.15) is 6.04 Å². The Morgan fingerprint density at radius 1 is 0.882 bits per heavy atom. The van der Waals surface area contributed by atoms with Crippen LogP contribution < -0.4 is 0 Å². The van der Waals surface area contributed by atoms with Crippen LogP contribution in [0.4, 0.5) is 0 Å². The number of carbonyl (C=O) groups is 3. The summed E-state index contributed by atoms with van der Waals surface area (Å²) in [5.74, 6) is -1.64. The molecule has 2 fully saturated rings. The van der Waals surface area contributed by atoms with Crippen molar-refractivity contribution in [2.75, 3.05) is 26.2 Å². The van der Waals surface area contributed by atoms with E-state index < -0.39 is 16.1 Å². The molecule has 2 unspecified atom stereocenters. The minimum atomic E-state index is -3.70. The molecule has 2 aromatic rings. The van der Waals surface area contributed by atoms with Crippen molar-refractivity contribution in [1.82, 2.24) is 14.1 Å². The van der Waals surface area contributed by atoms with Gasteiger partial charge in [-0.05, 0) is 42.7 Å². The van der Waals surface area contributed by atoms with E-state index in [0.717, 1.165) is 15.7 Å². The second-order valence-electron chi connectivity index (χ2n) is 9.12. The Balaban J connectivity index is 1.26. The number of hydrogen-bond acceptors (Lipinski definition) is 5. The van der Waals surface area contributed by atoms with Crippen molar-refractivity contribution in [3.63, 3.8) is 0 Å². The van der Waals surface area contributed by atoms with Gasteiger partial charge < -0.3 is 4.90 Å². The zero-order valence-electron chi connectivity index (χ0n) is 19.0. The molecule has 0 spiro atoms. The van der Waals surface area contributed by atoms with Crippen LogP contribution in [0.3, 0.4) is 0 Å². The number of imide groups is 1. The average Bonchev–Trinajstić information content (AvgIpc) is 3.12. The first-order valence-electron chi connectivity index (χ1n) is 11.6. The molecule has 8 nitrogen and oxygen atoms in total. The molecule has 3 amide bonds. The van der Waals surface area contributed by atoms with Crippen LogP contribution >= 0.6 is 0 Å². The lowest BCUT2D eigenvalue weighted by Gasteiger charge is -2.36. The molecule has 2 heterocycles. The van der Waals surface area contributed by atoms with E-state index >= 15 is 0 Å². The Morgan fingerprint density at radius 3 is 2.09 bits per heavy atom. The van der Waals surface area contributed by atoms with E-state index in [-0.39, 0.29) is 60.6 Å². The predicted octanol–water partition coefficient (Wildman–Crippen LogP) is 2.01. The average molecular weight is 482 g/mol. The van der Waals surface area contributed by atoms with Gasteiger partial charge in [-0.1, -0.05) is 42.5 Å². The predicted molar refractivity (Wildman–Crippen MR) is 126 cm³/mol. The van der Waals surface area contributed by atoms with Gasteiger partial charge in [-0.25, -0.2) is 8.42 Å². The number of fused-ring (bicyclic) bond motifs is 2. The molecule has 2 saturated heterocycles. The minimum Gasteiger partial charge on any atom is -0.338 e. The van der Waals surface area contributed by atoms with Crippen LogP contribution in [-0.2, 0) is 24.4 Å². The fourth-order valence-corrected chi connectivity index (χ4v) is 6.67. The van der Waals surface area contributed by atoms with Gasteiger partial charge in [-0.15, -0.1) is 0 Å². The number of nitrogens with zero attached hydrogens (tertiary/aromatic N) is 3. The molecule has 5 rings (SSSR count). The molecule has 0 aromatic heterocycles. The summed E-state index contributed by atoms with van der Waals surface area (Å²) in [4.78, 5) is 41.7. The molecule has 0 N–H and O–H groups in total. The van der Waals surface area contributed by atoms with Crippen LogP contribution in [0.5, 0.6) is 0 Å². The molecule has 0 bridgehead atoms. The second-order valence-corrected chi connectivity index (χ2v) is 11.1. The molecule has 0 radical (unpaired) electrons. The van der Waals surface area contributed by atoms with Crippen molar-refractivity contribution in [2.45, 2.75) is 30.7 Å². The zero-order chi connectivity index (χ0) is 24.0. The highest BCUT2D eigenvalue weighted by Gasteiger charge is 2.50. The number of allylic oxidation sites excluding steroid dienone is 2. The summed E-state index contributed by atoms with van der Waals surface area (Å²) in [6.45, 7) is 2.32. The van der Waals surface area contributed by atoms with Gasteiger partial charge in [-0.3, -0.25) is 19.3 Å². The lowest BCUT2D eigenvalue weighted by molar-refractivity contribution is -0.151. The quantitative estimate of drug-likeness (QED) is 0.492. The summed E-state index contributed by atoms with van der Waals surface area (Å²) in [5, 5.41) is 1.81. The van der Waals surface area contributed by atoms with E-state index in [0.29, 0.717) is 12.8 Å². The molecule has 34 heavy (non-hydrogen) atoms. The van der Waals surface area contributed by atoms with E-state index in [2.05, 4.69) is 0 Å². The van der Waals surface area contributed by atoms with Crippen LogP contribution in [-0.4, -0.2) is 72.5 Å². The topological polar surface area (TPSA) is 95.1 Å². The number of piperazine rings is 1. The fourth-order valence-electron chi connectivity index (χ4n) is 5.21. The molecular formula is C25H27N3O5S. The number of rotatable bonds is 4. The molecule has 1 aliphatic carbocycles. The fraction of sp³-hybridized carbons (Fsp3) is 0.400. The summed E-state index contributed by atoms with van der Waals surface area (Å²) in [7, 11) is -3.70. The SMILES string of the molecule is C[C@@H](C(=O)N1CCN(S(=O)(=O)c2ccc3ccccc3c2)CC1)N1C(=O)C2CC=CCC2C1=O. The Kier molecular flexibility index (Phi) is 5.77. The molecule has 178 valence electrons. The van der Waals surface area contributed by atoms with E-state index in [4.69, 9.17) is 0 Å². The van der Waals surface area contributed by atoms with E-state index in [1.165, 1.54) is 4.31 Å². The molecule has 3 atom stereocenters. The third-order valence-electron chi connectivity index (χ3n) is 7.20. The van der Waals surface area contributed by atoms with E-state index in [1.807, 2.05) is 36.4 Å². The zero-order valence-corrected chi connectivity index (χ0v) is 19.8. The number of hydrogen-bond donors (Lipinski definition) is 0. The normalized spacial score (nSPS) is 24.5. The number of sulfonamides is 1. The number of benzene rings is 2. The summed E-state index contributed by atoms with van der Waals surface area (Å²) in [6, 6.07) is 11.8. The van der Waals surface area contributed by atoms with Crippen molar-refractivity contribution in [2.24, 2.45) is 11.8 Å².